The molecule has 1 saturated heterocycles. The normalized spacial score (nSPS) is 25.5. The van der Waals surface area contributed by atoms with Gasteiger partial charge in [-0.2, -0.15) is 4.31 Å². The predicted octanol–water partition coefficient (Wildman–Crippen LogP) is 1.34. The maximum absolute atomic E-state index is 13.6. The van der Waals surface area contributed by atoms with Crippen molar-refractivity contribution in [2.75, 3.05) is 13.1 Å². The van der Waals surface area contributed by atoms with Crippen LogP contribution in [0.15, 0.2) is 23.1 Å². The van der Waals surface area contributed by atoms with Crippen LogP contribution in [0.1, 0.15) is 13.8 Å². The quantitative estimate of drug-likeness (QED) is 0.894. The number of sulfonamides is 1. The Balaban J connectivity index is 2.42. The third kappa shape index (κ3) is 2.77. The monoisotopic (exact) mass is 290 g/mol. The van der Waals surface area contributed by atoms with Crippen molar-refractivity contribution in [3.8, 4) is 0 Å². The predicted molar refractivity (Wildman–Crippen MR) is 67.2 cm³/mol. The molecule has 0 spiro atoms. The highest BCUT2D eigenvalue weighted by Crippen LogP contribution is 2.24. The summed E-state index contributed by atoms with van der Waals surface area (Å²) in [5.41, 5.74) is 0. The summed E-state index contributed by atoms with van der Waals surface area (Å²) < 4.78 is 53.1. The van der Waals surface area contributed by atoms with Crippen molar-refractivity contribution in [3.63, 3.8) is 0 Å². The molecule has 0 aromatic heterocycles. The van der Waals surface area contributed by atoms with Gasteiger partial charge in [-0.05, 0) is 26.0 Å². The van der Waals surface area contributed by atoms with Gasteiger partial charge in [0, 0.05) is 25.2 Å². The Hall–Kier alpha value is -1.05. The Bertz CT molecular complexity index is 547. The Morgan fingerprint density at radius 1 is 1.16 bits per heavy atom. The van der Waals surface area contributed by atoms with Crippen LogP contribution in [0.5, 0.6) is 0 Å². The van der Waals surface area contributed by atoms with E-state index in [0.717, 1.165) is 22.5 Å². The topological polar surface area (TPSA) is 49.4 Å². The summed E-state index contributed by atoms with van der Waals surface area (Å²) in [6, 6.07) is 2.92. The zero-order valence-electron chi connectivity index (χ0n) is 10.7. The molecule has 4 nitrogen and oxygen atoms in total. The van der Waals surface area contributed by atoms with Crippen LogP contribution in [0.4, 0.5) is 8.78 Å². The molecule has 19 heavy (non-hydrogen) atoms. The lowest BCUT2D eigenvalue weighted by Crippen LogP contribution is -2.55. The summed E-state index contributed by atoms with van der Waals surface area (Å²) in [5, 5.41) is 3.17. The summed E-state index contributed by atoms with van der Waals surface area (Å²) >= 11 is 0. The first-order valence-corrected chi connectivity index (χ1v) is 7.46. The van der Waals surface area contributed by atoms with E-state index in [4.69, 9.17) is 0 Å². The number of halogens is 2. The molecule has 1 fully saturated rings. The van der Waals surface area contributed by atoms with Gasteiger partial charge in [-0.1, -0.05) is 6.07 Å². The van der Waals surface area contributed by atoms with Crippen LogP contribution >= 0.6 is 0 Å². The molecule has 2 atom stereocenters. The van der Waals surface area contributed by atoms with Crippen molar-refractivity contribution in [2.45, 2.75) is 30.8 Å². The molecule has 0 radical (unpaired) electrons. The summed E-state index contributed by atoms with van der Waals surface area (Å²) in [4.78, 5) is -0.865. The molecule has 1 aliphatic heterocycles. The number of rotatable bonds is 2. The first kappa shape index (κ1) is 14.4. The number of hydrogen-bond donors (Lipinski definition) is 1. The smallest absolute Gasteiger partial charge is 0.249 e. The Morgan fingerprint density at radius 2 is 1.63 bits per heavy atom. The Kier molecular flexibility index (Phi) is 3.89. The first-order valence-electron chi connectivity index (χ1n) is 6.02. The minimum absolute atomic E-state index is 0.0617. The van der Waals surface area contributed by atoms with Gasteiger partial charge in [0.05, 0.1) is 0 Å². The van der Waals surface area contributed by atoms with Crippen LogP contribution in [0.2, 0.25) is 0 Å². The largest absolute Gasteiger partial charge is 0.309 e. The number of piperazine rings is 1. The molecule has 0 bridgehead atoms. The van der Waals surface area contributed by atoms with Gasteiger partial charge in [0.25, 0.3) is 0 Å². The van der Waals surface area contributed by atoms with Gasteiger partial charge in [0.1, 0.15) is 11.6 Å². The standard InChI is InChI=1S/C12H16F2N2O2S/c1-8-6-16(7-9(2)15-8)19(17,18)12-10(13)4-3-5-11(12)14/h3-5,8-9,15H,6-7H2,1-2H3/t8-,9+. The average molecular weight is 290 g/mol. The van der Waals surface area contributed by atoms with Crippen LogP contribution in [0.25, 0.3) is 0 Å². The third-order valence-electron chi connectivity index (χ3n) is 3.04. The van der Waals surface area contributed by atoms with E-state index in [0.29, 0.717) is 0 Å². The molecule has 0 saturated carbocycles. The molecule has 2 rings (SSSR count). The van der Waals surface area contributed by atoms with Gasteiger partial charge in [0.15, 0.2) is 4.90 Å². The number of benzene rings is 1. The minimum Gasteiger partial charge on any atom is -0.309 e. The van der Waals surface area contributed by atoms with Gasteiger partial charge in [-0.3, -0.25) is 0 Å². The summed E-state index contributed by atoms with van der Waals surface area (Å²) in [7, 11) is -4.15. The van der Waals surface area contributed by atoms with Crippen molar-refractivity contribution < 1.29 is 17.2 Å². The van der Waals surface area contributed by atoms with E-state index >= 15 is 0 Å². The maximum atomic E-state index is 13.6. The lowest BCUT2D eigenvalue weighted by Gasteiger charge is -2.35. The van der Waals surface area contributed by atoms with E-state index < -0.39 is 26.6 Å². The summed E-state index contributed by atoms with van der Waals surface area (Å²) in [5.74, 6) is -2.11. The van der Waals surface area contributed by atoms with E-state index in [1.54, 1.807) is 0 Å². The number of hydrogen-bond acceptors (Lipinski definition) is 3. The van der Waals surface area contributed by atoms with E-state index in [2.05, 4.69) is 5.32 Å². The van der Waals surface area contributed by atoms with Crippen molar-refractivity contribution in [1.82, 2.24) is 9.62 Å². The van der Waals surface area contributed by atoms with Gasteiger partial charge in [-0.25, -0.2) is 17.2 Å². The van der Waals surface area contributed by atoms with Crippen LogP contribution in [-0.4, -0.2) is 37.9 Å². The van der Waals surface area contributed by atoms with Gasteiger partial charge in [0.2, 0.25) is 10.0 Å². The second-order valence-corrected chi connectivity index (χ2v) is 6.72. The number of nitrogens with one attached hydrogen (secondary N) is 1. The third-order valence-corrected chi connectivity index (χ3v) is 4.92. The lowest BCUT2D eigenvalue weighted by atomic mass is 10.2. The second-order valence-electron chi connectivity index (χ2n) is 4.84. The molecular weight excluding hydrogens is 274 g/mol. The van der Waals surface area contributed by atoms with Crippen molar-refractivity contribution >= 4 is 10.0 Å². The minimum atomic E-state index is -4.15. The van der Waals surface area contributed by atoms with Crippen molar-refractivity contribution in [3.05, 3.63) is 29.8 Å². The molecule has 1 N–H and O–H groups in total. The summed E-state index contributed by atoms with van der Waals surface area (Å²) in [6.45, 7) is 4.05. The highest BCUT2D eigenvalue weighted by atomic mass is 32.2. The number of nitrogens with zero attached hydrogens (tertiary/aromatic N) is 1. The van der Waals surface area contributed by atoms with Crippen molar-refractivity contribution in [1.29, 1.82) is 0 Å². The van der Waals surface area contributed by atoms with Crippen molar-refractivity contribution in [2.24, 2.45) is 0 Å². The van der Waals surface area contributed by atoms with Gasteiger partial charge >= 0.3 is 0 Å². The molecule has 1 aliphatic rings. The van der Waals surface area contributed by atoms with Crippen LogP contribution in [0.3, 0.4) is 0 Å². The highest BCUT2D eigenvalue weighted by Gasteiger charge is 2.34. The molecule has 7 heteroatoms. The Morgan fingerprint density at radius 3 is 2.11 bits per heavy atom. The molecule has 0 aliphatic carbocycles. The molecule has 0 unspecified atom stereocenters. The molecule has 1 aromatic carbocycles. The molecule has 106 valence electrons. The van der Waals surface area contributed by atoms with E-state index in [9.17, 15) is 17.2 Å². The van der Waals surface area contributed by atoms with Gasteiger partial charge < -0.3 is 5.32 Å². The fourth-order valence-corrected chi connectivity index (χ4v) is 4.06. The Labute approximate surface area is 111 Å². The second kappa shape index (κ2) is 5.15. The maximum Gasteiger partial charge on any atom is 0.249 e. The fraction of sp³-hybridized carbons (Fsp3) is 0.500. The zero-order valence-corrected chi connectivity index (χ0v) is 11.5. The van der Waals surface area contributed by atoms with Crippen LogP contribution < -0.4 is 5.32 Å². The van der Waals surface area contributed by atoms with E-state index in [1.807, 2.05) is 13.8 Å². The van der Waals surface area contributed by atoms with E-state index in [1.165, 1.54) is 0 Å². The van der Waals surface area contributed by atoms with Crippen LogP contribution in [0, 0.1) is 11.6 Å². The highest BCUT2D eigenvalue weighted by molar-refractivity contribution is 7.89. The summed E-state index contributed by atoms with van der Waals surface area (Å²) in [6.07, 6.45) is 0. The van der Waals surface area contributed by atoms with Crippen LogP contribution in [-0.2, 0) is 10.0 Å². The lowest BCUT2D eigenvalue weighted by molar-refractivity contribution is 0.261. The SMILES string of the molecule is C[C@@H]1CN(S(=O)(=O)c2c(F)cccc2F)C[C@H](C)N1. The molecular formula is C12H16F2N2O2S. The van der Waals surface area contributed by atoms with E-state index in [-0.39, 0.29) is 25.2 Å². The first-order chi connectivity index (χ1) is 8.82. The fourth-order valence-electron chi connectivity index (χ4n) is 2.33. The molecule has 1 aromatic rings. The average Bonchev–Trinajstić information content (AvgIpc) is 2.26. The zero-order chi connectivity index (χ0) is 14.2. The molecule has 0 amide bonds. The van der Waals surface area contributed by atoms with Gasteiger partial charge in [-0.15, -0.1) is 0 Å². The molecule has 1 heterocycles.